The van der Waals surface area contributed by atoms with Crippen molar-refractivity contribution in [3.05, 3.63) is 65.2 Å². The number of hydrogen-bond donors (Lipinski definition) is 0. The van der Waals surface area contributed by atoms with Gasteiger partial charge in [0.25, 0.3) is 0 Å². The summed E-state index contributed by atoms with van der Waals surface area (Å²) < 4.78 is 12.0. The predicted molar refractivity (Wildman–Crippen MR) is 117 cm³/mol. The maximum Gasteiger partial charge on any atom is 0.185 e. The fourth-order valence-electron chi connectivity index (χ4n) is 3.60. The molecule has 2 aromatic carbocycles. The van der Waals surface area contributed by atoms with Crippen molar-refractivity contribution in [2.24, 2.45) is 4.99 Å². The molecule has 1 aliphatic rings. The first-order chi connectivity index (χ1) is 13.8. The van der Waals surface area contributed by atoms with Crippen LogP contribution in [-0.2, 0) is 15.9 Å². The van der Waals surface area contributed by atoms with Gasteiger partial charge in [-0.15, -0.1) is 0 Å². The van der Waals surface area contributed by atoms with Gasteiger partial charge in [-0.3, -0.25) is 0 Å². The highest BCUT2D eigenvalue weighted by Crippen LogP contribution is 2.34. The van der Waals surface area contributed by atoms with Crippen LogP contribution in [0.15, 0.2) is 53.5 Å². The van der Waals surface area contributed by atoms with E-state index in [-0.39, 0.29) is 5.92 Å². The second-order valence-corrected chi connectivity index (χ2v) is 7.55. The molecule has 1 heterocycles. The summed E-state index contributed by atoms with van der Waals surface area (Å²) in [5.74, 6) is 0.260. The smallest absolute Gasteiger partial charge is 0.185 e. The van der Waals surface area contributed by atoms with Gasteiger partial charge < -0.3 is 9.47 Å². The Morgan fingerprint density at radius 2 is 1.68 bits per heavy atom. The lowest BCUT2D eigenvalue weighted by molar-refractivity contribution is -0.191. The molecule has 1 fully saturated rings. The van der Waals surface area contributed by atoms with Crippen molar-refractivity contribution in [1.82, 2.24) is 0 Å². The van der Waals surface area contributed by atoms with E-state index in [1.54, 1.807) is 0 Å². The highest BCUT2D eigenvalue weighted by Gasteiger charge is 2.26. The van der Waals surface area contributed by atoms with Crippen LogP contribution in [0.2, 0.25) is 0 Å². The zero-order valence-electron chi connectivity index (χ0n) is 16.6. The number of nitrogens with zero attached hydrogens (tertiary/aromatic N) is 1. The van der Waals surface area contributed by atoms with Crippen molar-refractivity contribution in [3.63, 3.8) is 0 Å². The van der Waals surface area contributed by atoms with Crippen molar-refractivity contribution in [2.75, 3.05) is 13.2 Å². The molecule has 0 unspecified atom stereocenters. The van der Waals surface area contributed by atoms with E-state index in [2.05, 4.69) is 41.3 Å². The topological polar surface area (TPSA) is 30.8 Å². The van der Waals surface area contributed by atoms with Crippen LogP contribution in [0.1, 0.15) is 67.9 Å². The fourth-order valence-corrected chi connectivity index (χ4v) is 3.70. The van der Waals surface area contributed by atoms with E-state index in [4.69, 9.17) is 21.7 Å². The first kappa shape index (κ1) is 20.9. The number of thiocarbonyl (C=S) groups is 1. The van der Waals surface area contributed by atoms with Gasteiger partial charge in [-0.1, -0.05) is 75.1 Å². The molecular formula is C24H29NO2S. The van der Waals surface area contributed by atoms with E-state index in [0.29, 0.717) is 13.2 Å². The second-order valence-electron chi connectivity index (χ2n) is 7.36. The van der Waals surface area contributed by atoms with Gasteiger partial charge in [0.15, 0.2) is 6.29 Å². The van der Waals surface area contributed by atoms with Gasteiger partial charge in [0, 0.05) is 11.5 Å². The molecule has 4 heteroatoms. The molecule has 0 amide bonds. The molecule has 0 aromatic heterocycles. The summed E-state index contributed by atoms with van der Waals surface area (Å²) in [6.07, 6.45) is 7.38. The zero-order valence-corrected chi connectivity index (χ0v) is 17.4. The average Bonchev–Trinajstić information content (AvgIpc) is 2.75. The van der Waals surface area contributed by atoms with Crippen molar-refractivity contribution in [2.45, 2.75) is 57.7 Å². The third kappa shape index (κ3) is 5.83. The summed E-state index contributed by atoms with van der Waals surface area (Å²) in [7, 11) is 0. The number of unbranched alkanes of at least 4 members (excludes halogenated alkanes) is 4. The van der Waals surface area contributed by atoms with Gasteiger partial charge in [0.05, 0.1) is 24.1 Å². The van der Waals surface area contributed by atoms with E-state index in [9.17, 15) is 0 Å². The minimum absolute atomic E-state index is 0.260. The first-order valence-corrected chi connectivity index (χ1v) is 10.7. The number of aryl methyl sites for hydroxylation is 1. The van der Waals surface area contributed by atoms with Crippen LogP contribution in [0, 0.1) is 0 Å². The van der Waals surface area contributed by atoms with E-state index < -0.39 is 6.29 Å². The largest absolute Gasteiger partial charge is 0.348 e. The fraction of sp³-hybridized carbons (Fsp3) is 0.458. The van der Waals surface area contributed by atoms with E-state index in [0.717, 1.165) is 11.3 Å². The van der Waals surface area contributed by atoms with Gasteiger partial charge in [-0.25, -0.2) is 0 Å². The Morgan fingerprint density at radius 3 is 2.39 bits per heavy atom. The van der Waals surface area contributed by atoms with Gasteiger partial charge >= 0.3 is 0 Å². The molecule has 28 heavy (non-hydrogen) atoms. The summed E-state index contributed by atoms with van der Waals surface area (Å²) in [5, 5.41) is 2.42. The Labute approximate surface area is 173 Å². The number of benzene rings is 2. The van der Waals surface area contributed by atoms with Crippen LogP contribution in [-0.4, -0.2) is 18.4 Å². The van der Waals surface area contributed by atoms with E-state index >= 15 is 0 Å². The zero-order chi connectivity index (χ0) is 19.6. The Bertz CT molecular complexity index is 775. The molecule has 0 spiro atoms. The van der Waals surface area contributed by atoms with Crippen molar-refractivity contribution in [3.8, 4) is 0 Å². The molecule has 3 nitrogen and oxygen atoms in total. The molecule has 0 bridgehead atoms. The Hall–Kier alpha value is -1.84. The molecule has 3 rings (SSSR count). The average molecular weight is 396 g/mol. The van der Waals surface area contributed by atoms with Crippen LogP contribution in [0.25, 0.3) is 0 Å². The number of isothiocyanates is 1. The molecule has 1 saturated heterocycles. The number of para-hydroxylation sites is 1. The second kappa shape index (κ2) is 11.2. The third-order valence-corrected chi connectivity index (χ3v) is 5.37. The quantitative estimate of drug-likeness (QED) is 0.267. The predicted octanol–water partition coefficient (Wildman–Crippen LogP) is 6.76. The van der Waals surface area contributed by atoms with Crippen molar-refractivity contribution >= 4 is 23.1 Å². The standard InChI is InChI=1S/C24H29NO2S/c1-2-3-4-5-6-9-19-12-14-20(15-13-19)21-16-26-24(27-17-21)22-10-7-8-11-23(22)25-18-28/h7-8,10-15,21,24H,2-6,9,16-17H2,1H3/t21-,24-. The lowest BCUT2D eigenvalue weighted by Crippen LogP contribution is -2.25. The van der Waals surface area contributed by atoms with Gasteiger partial charge in [-0.05, 0) is 42.3 Å². The Balaban J connectivity index is 1.52. The molecule has 0 saturated carbocycles. The number of ether oxygens (including phenoxy) is 2. The summed E-state index contributed by atoms with van der Waals surface area (Å²) in [6.45, 7) is 3.53. The highest BCUT2D eigenvalue weighted by atomic mass is 32.1. The monoisotopic (exact) mass is 395 g/mol. The number of hydrogen-bond acceptors (Lipinski definition) is 4. The van der Waals surface area contributed by atoms with E-state index in [1.165, 1.54) is 49.7 Å². The lowest BCUT2D eigenvalue weighted by atomic mass is 9.97. The Kier molecular flexibility index (Phi) is 8.38. The molecule has 1 aliphatic heterocycles. The third-order valence-electron chi connectivity index (χ3n) is 5.27. The lowest BCUT2D eigenvalue weighted by Gasteiger charge is -2.30. The molecule has 148 valence electrons. The van der Waals surface area contributed by atoms with Gasteiger partial charge in [0.1, 0.15) is 0 Å². The van der Waals surface area contributed by atoms with Crippen molar-refractivity contribution < 1.29 is 9.47 Å². The van der Waals surface area contributed by atoms with Crippen LogP contribution in [0.5, 0.6) is 0 Å². The van der Waals surface area contributed by atoms with Crippen LogP contribution in [0.3, 0.4) is 0 Å². The summed E-state index contributed by atoms with van der Waals surface area (Å²) >= 11 is 4.73. The minimum atomic E-state index is -0.401. The number of rotatable bonds is 9. The van der Waals surface area contributed by atoms with Crippen LogP contribution < -0.4 is 0 Å². The van der Waals surface area contributed by atoms with E-state index in [1.807, 2.05) is 24.3 Å². The molecule has 2 aromatic rings. The van der Waals surface area contributed by atoms with Crippen LogP contribution >= 0.6 is 12.2 Å². The maximum atomic E-state index is 6.01. The molecule has 0 N–H and O–H groups in total. The SMILES string of the molecule is CCCCCCCc1ccc([C@H]2CO[C@H](c3ccccc3N=C=S)OC2)cc1. The van der Waals surface area contributed by atoms with Gasteiger partial charge in [0.2, 0.25) is 0 Å². The number of aliphatic imine (C=N–C) groups is 1. The molecular weight excluding hydrogens is 366 g/mol. The Morgan fingerprint density at radius 1 is 0.964 bits per heavy atom. The molecule has 0 radical (unpaired) electrons. The van der Waals surface area contributed by atoms with Gasteiger partial charge in [-0.2, -0.15) is 4.99 Å². The first-order valence-electron chi connectivity index (χ1n) is 10.3. The molecule has 0 aliphatic carbocycles. The maximum absolute atomic E-state index is 6.01. The summed E-state index contributed by atoms with van der Waals surface area (Å²) in [6, 6.07) is 16.7. The molecule has 0 atom stereocenters. The van der Waals surface area contributed by atoms with Crippen LogP contribution in [0.4, 0.5) is 5.69 Å². The summed E-state index contributed by atoms with van der Waals surface area (Å²) in [4.78, 5) is 4.11. The highest BCUT2D eigenvalue weighted by molar-refractivity contribution is 7.78. The normalized spacial score (nSPS) is 19.2. The summed E-state index contributed by atoms with van der Waals surface area (Å²) in [5.41, 5.74) is 4.35. The van der Waals surface area contributed by atoms with Crippen molar-refractivity contribution in [1.29, 1.82) is 0 Å². The minimum Gasteiger partial charge on any atom is -0.348 e.